The molecule has 2 aromatic rings. The fourth-order valence-corrected chi connectivity index (χ4v) is 3.56. The maximum absolute atomic E-state index is 12.2. The zero-order valence-corrected chi connectivity index (χ0v) is 12.7. The molecule has 0 radical (unpaired) electrons. The van der Waals surface area contributed by atoms with Crippen LogP contribution in [0.3, 0.4) is 0 Å². The molecule has 0 saturated heterocycles. The molecule has 4 nitrogen and oxygen atoms in total. The van der Waals surface area contributed by atoms with Crippen LogP contribution in [0.2, 0.25) is 0 Å². The Morgan fingerprint density at radius 1 is 0.818 bits per heavy atom. The Balaban J connectivity index is 1.62. The fourth-order valence-electron chi connectivity index (χ4n) is 2.47. The molecule has 1 heterocycles. The van der Waals surface area contributed by atoms with E-state index in [2.05, 4.69) is 0 Å². The Morgan fingerprint density at radius 3 is 1.95 bits per heavy atom. The first-order chi connectivity index (χ1) is 10.7. The van der Waals surface area contributed by atoms with Crippen LogP contribution < -0.4 is 0 Å². The first-order valence-electron chi connectivity index (χ1n) is 7.01. The minimum Gasteiger partial charge on any atom is -0.273 e. The van der Waals surface area contributed by atoms with Crippen LogP contribution in [0.1, 0.15) is 26.3 Å². The Morgan fingerprint density at radius 2 is 1.36 bits per heavy atom. The number of benzene rings is 2. The Hall–Kier alpha value is -2.27. The highest BCUT2D eigenvalue weighted by atomic mass is 32.2. The van der Waals surface area contributed by atoms with Gasteiger partial charge in [-0.25, -0.2) is 0 Å². The van der Waals surface area contributed by atoms with Crippen molar-refractivity contribution in [3.8, 4) is 0 Å². The Labute approximate surface area is 131 Å². The molecule has 5 heteroatoms. The van der Waals surface area contributed by atoms with Gasteiger partial charge in [-0.1, -0.05) is 42.5 Å². The molecule has 0 bridgehead atoms. The van der Waals surface area contributed by atoms with Gasteiger partial charge in [0.15, 0.2) is 0 Å². The van der Waals surface area contributed by atoms with Gasteiger partial charge in [-0.2, -0.15) is 0 Å². The number of fused-ring (bicyclic) bond motifs is 1. The van der Waals surface area contributed by atoms with Crippen molar-refractivity contribution in [2.45, 2.75) is 5.75 Å². The van der Waals surface area contributed by atoms with Crippen LogP contribution in [0.15, 0.2) is 54.6 Å². The molecule has 3 rings (SSSR count). The molecule has 2 aromatic carbocycles. The van der Waals surface area contributed by atoms with Gasteiger partial charge in [-0.3, -0.25) is 18.7 Å². The summed E-state index contributed by atoms with van der Waals surface area (Å²) in [5, 5.41) is 0. The van der Waals surface area contributed by atoms with E-state index in [0.29, 0.717) is 22.6 Å². The maximum atomic E-state index is 12.2. The standard InChI is InChI=1S/C17H15NO3S/c19-16-14-8-4-5-9-15(14)17(20)18(16)10-11-22(21)12-13-6-2-1-3-7-13/h1-9H,10-12H2. The molecule has 0 aliphatic carbocycles. The number of carbonyl (C=O) groups is 2. The summed E-state index contributed by atoms with van der Waals surface area (Å²) in [4.78, 5) is 25.6. The van der Waals surface area contributed by atoms with Crippen LogP contribution in [-0.2, 0) is 16.6 Å². The smallest absolute Gasteiger partial charge is 0.261 e. The molecule has 1 aliphatic rings. The van der Waals surface area contributed by atoms with Gasteiger partial charge in [-0.15, -0.1) is 0 Å². The third-order valence-electron chi connectivity index (χ3n) is 3.59. The Bertz CT molecular complexity index is 708. The van der Waals surface area contributed by atoms with E-state index in [1.165, 1.54) is 4.90 Å². The van der Waals surface area contributed by atoms with Gasteiger partial charge < -0.3 is 0 Å². The van der Waals surface area contributed by atoms with E-state index in [9.17, 15) is 13.8 Å². The molecule has 2 amide bonds. The molecular formula is C17H15NO3S. The number of amides is 2. The highest BCUT2D eigenvalue weighted by Crippen LogP contribution is 2.22. The van der Waals surface area contributed by atoms with Gasteiger partial charge in [-0.05, 0) is 17.7 Å². The summed E-state index contributed by atoms with van der Waals surface area (Å²) >= 11 is 0. The molecule has 1 unspecified atom stereocenters. The minimum absolute atomic E-state index is 0.186. The number of imide groups is 1. The van der Waals surface area contributed by atoms with Crippen molar-refractivity contribution in [2.75, 3.05) is 12.3 Å². The zero-order valence-electron chi connectivity index (χ0n) is 11.9. The average Bonchev–Trinajstić information content (AvgIpc) is 2.78. The van der Waals surface area contributed by atoms with E-state index in [0.717, 1.165) is 5.56 Å². The fraction of sp³-hybridized carbons (Fsp3) is 0.176. The summed E-state index contributed by atoms with van der Waals surface area (Å²) < 4.78 is 12.1. The van der Waals surface area contributed by atoms with Gasteiger partial charge in [0.1, 0.15) is 0 Å². The molecule has 0 aromatic heterocycles. The predicted molar refractivity (Wildman–Crippen MR) is 85.0 cm³/mol. The molecule has 0 N–H and O–H groups in total. The lowest BCUT2D eigenvalue weighted by Crippen LogP contribution is -2.33. The van der Waals surface area contributed by atoms with E-state index < -0.39 is 10.8 Å². The number of rotatable bonds is 5. The summed E-state index contributed by atoms with van der Waals surface area (Å²) in [6.45, 7) is 0.186. The molecule has 0 spiro atoms. The zero-order chi connectivity index (χ0) is 15.5. The van der Waals surface area contributed by atoms with Gasteiger partial charge in [0.2, 0.25) is 0 Å². The second-order valence-electron chi connectivity index (χ2n) is 5.08. The topological polar surface area (TPSA) is 54.5 Å². The number of carbonyl (C=O) groups excluding carboxylic acids is 2. The number of hydrogen-bond donors (Lipinski definition) is 0. The van der Waals surface area contributed by atoms with Crippen molar-refractivity contribution in [2.24, 2.45) is 0 Å². The third-order valence-corrected chi connectivity index (χ3v) is 4.88. The van der Waals surface area contributed by atoms with Crippen LogP contribution in [-0.4, -0.2) is 33.2 Å². The summed E-state index contributed by atoms with van der Waals surface area (Å²) in [5.41, 5.74) is 1.85. The van der Waals surface area contributed by atoms with Crippen LogP contribution >= 0.6 is 0 Å². The molecule has 22 heavy (non-hydrogen) atoms. The highest BCUT2D eigenvalue weighted by molar-refractivity contribution is 7.84. The second-order valence-corrected chi connectivity index (χ2v) is 6.66. The van der Waals surface area contributed by atoms with E-state index in [1.54, 1.807) is 24.3 Å². The van der Waals surface area contributed by atoms with Crippen molar-refractivity contribution in [3.63, 3.8) is 0 Å². The normalized spacial score (nSPS) is 15.0. The van der Waals surface area contributed by atoms with E-state index in [1.807, 2.05) is 30.3 Å². The molecular weight excluding hydrogens is 298 g/mol. The largest absolute Gasteiger partial charge is 0.273 e. The van der Waals surface area contributed by atoms with Crippen molar-refractivity contribution in [3.05, 3.63) is 71.3 Å². The van der Waals surface area contributed by atoms with Crippen LogP contribution in [0.5, 0.6) is 0 Å². The summed E-state index contributed by atoms with van der Waals surface area (Å²) in [6, 6.07) is 16.3. The van der Waals surface area contributed by atoms with E-state index >= 15 is 0 Å². The molecule has 1 atom stereocenters. The van der Waals surface area contributed by atoms with Crippen LogP contribution in [0.4, 0.5) is 0 Å². The minimum atomic E-state index is -1.11. The van der Waals surface area contributed by atoms with Gasteiger partial charge in [0.25, 0.3) is 11.8 Å². The molecule has 1 aliphatic heterocycles. The molecule has 0 fully saturated rings. The third kappa shape index (κ3) is 2.85. The van der Waals surface area contributed by atoms with Crippen molar-refractivity contribution in [1.82, 2.24) is 4.90 Å². The quantitative estimate of drug-likeness (QED) is 0.796. The first kappa shape index (κ1) is 14.7. The molecule has 112 valence electrons. The van der Waals surface area contributed by atoms with Crippen LogP contribution in [0.25, 0.3) is 0 Å². The maximum Gasteiger partial charge on any atom is 0.261 e. The second kappa shape index (κ2) is 6.23. The number of nitrogens with zero attached hydrogens (tertiary/aromatic N) is 1. The summed E-state index contributed by atoms with van der Waals surface area (Å²) in [5.74, 6) is 0.138. The van der Waals surface area contributed by atoms with E-state index in [-0.39, 0.29) is 18.4 Å². The van der Waals surface area contributed by atoms with Crippen molar-refractivity contribution in [1.29, 1.82) is 0 Å². The SMILES string of the molecule is O=C1c2ccccc2C(=O)N1CCS(=O)Cc1ccccc1. The summed E-state index contributed by atoms with van der Waals surface area (Å²) in [6.07, 6.45) is 0. The lowest BCUT2D eigenvalue weighted by atomic mass is 10.1. The highest BCUT2D eigenvalue weighted by Gasteiger charge is 2.34. The number of hydrogen-bond acceptors (Lipinski definition) is 3. The first-order valence-corrected chi connectivity index (χ1v) is 8.50. The lowest BCUT2D eigenvalue weighted by Gasteiger charge is -2.13. The van der Waals surface area contributed by atoms with Gasteiger partial charge >= 0.3 is 0 Å². The summed E-state index contributed by atoms with van der Waals surface area (Å²) in [7, 11) is -1.11. The van der Waals surface area contributed by atoms with Crippen molar-refractivity contribution < 1.29 is 13.8 Å². The monoisotopic (exact) mass is 313 g/mol. The average molecular weight is 313 g/mol. The van der Waals surface area contributed by atoms with Crippen molar-refractivity contribution >= 4 is 22.6 Å². The Kier molecular flexibility index (Phi) is 4.15. The van der Waals surface area contributed by atoms with Crippen LogP contribution in [0, 0.1) is 0 Å². The predicted octanol–water partition coefficient (Wildman–Crippen LogP) is 2.23. The molecule has 0 saturated carbocycles. The van der Waals surface area contributed by atoms with Gasteiger partial charge in [0, 0.05) is 28.9 Å². The van der Waals surface area contributed by atoms with Gasteiger partial charge in [0.05, 0.1) is 11.1 Å². The van der Waals surface area contributed by atoms with E-state index in [4.69, 9.17) is 0 Å². The lowest BCUT2D eigenvalue weighted by molar-refractivity contribution is 0.0664.